The lowest BCUT2D eigenvalue weighted by molar-refractivity contribution is -0.0493. The molecule has 0 radical (unpaired) electrons. The van der Waals surface area contributed by atoms with E-state index in [0.29, 0.717) is 35.9 Å². The first-order valence-electron chi connectivity index (χ1n) is 10.2. The number of hydrogen-bond acceptors (Lipinski definition) is 4. The van der Waals surface area contributed by atoms with Crippen LogP contribution >= 0.6 is 0 Å². The number of aryl methyl sites for hydroxylation is 1. The second-order valence-electron chi connectivity index (χ2n) is 8.93. The van der Waals surface area contributed by atoms with Gasteiger partial charge in [-0.1, -0.05) is 18.2 Å². The van der Waals surface area contributed by atoms with Crippen molar-refractivity contribution in [1.82, 2.24) is 9.21 Å². The smallest absolute Gasteiger partial charge is 0.243 e. The van der Waals surface area contributed by atoms with Crippen molar-refractivity contribution in [2.45, 2.75) is 49.6 Å². The molecule has 1 saturated heterocycles. The third-order valence-corrected chi connectivity index (χ3v) is 8.66. The van der Waals surface area contributed by atoms with Crippen molar-refractivity contribution in [3.05, 3.63) is 29.8 Å². The van der Waals surface area contributed by atoms with Gasteiger partial charge in [0.25, 0.3) is 0 Å². The number of sulfonamides is 1. The van der Waals surface area contributed by atoms with Crippen LogP contribution in [-0.4, -0.2) is 63.6 Å². The lowest BCUT2D eigenvalue weighted by atomic mass is 9.77. The summed E-state index contributed by atoms with van der Waals surface area (Å²) in [6.07, 6.45) is 4.82. The molecule has 0 bridgehead atoms. The van der Waals surface area contributed by atoms with Gasteiger partial charge >= 0.3 is 0 Å². The molecule has 2 aliphatic carbocycles. The van der Waals surface area contributed by atoms with E-state index < -0.39 is 10.0 Å². The molecule has 4 rings (SSSR count). The first-order chi connectivity index (χ1) is 12.9. The van der Waals surface area contributed by atoms with E-state index in [1.807, 2.05) is 25.1 Å². The molecule has 1 aromatic carbocycles. The summed E-state index contributed by atoms with van der Waals surface area (Å²) in [6, 6.07) is 7.69. The van der Waals surface area contributed by atoms with Gasteiger partial charge in [0.1, 0.15) is 0 Å². The first-order valence-corrected chi connectivity index (χ1v) is 11.6. The van der Waals surface area contributed by atoms with E-state index in [9.17, 15) is 8.42 Å². The van der Waals surface area contributed by atoms with Crippen molar-refractivity contribution in [2.24, 2.45) is 17.8 Å². The summed E-state index contributed by atoms with van der Waals surface area (Å²) in [5.74, 6) is 1.59. The number of fused-ring (bicyclic) bond motifs is 1. The van der Waals surface area contributed by atoms with E-state index in [1.165, 1.54) is 12.8 Å². The van der Waals surface area contributed by atoms with E-state index >= 15 is 0 Å². The molecule has 1 aromatic rings. The number of benzene rings is 1. The summed E-state index contributed by atoms with van der Waals surface area (Å²) in [5.41, 5.74) is 0.823. The third-order valence-electron chi connectivity index (χ3n) is 6.67. The van der Waals surface area contributed by atoms with Gasteiger partial charge in [-0.25, -0.2) is 8.42 Å². The van der Waals surface area contributed by atoms with Crippen molar-refractivity contribution >= 4 is 10.0 Å². The Kier molecular flexibility index (Phi) is 5.36. The number of ether oxygens (including phenoxy) is 1. The quantitative estimate of drug-likeness (QED) is 0.747. The van der Waals surface area contributed by atoms with E-state index in [1.54, 1.807) is 10.4 Å². The third kappa shape index (κ3) is 3.95. The largest absolute Gasteiger partial charge is 0.376 e. The maximum Gasteiger partial charge on any atom is 0.243 e. The average Bonchev–Trinajstić information content (AvgIpc) is 3.36. The highest BCUT2D eigenvalue weighted by molar-refractivity contribution is 7.89. The van der Waals surface area contributed by atoms with Crippen molar-refractivity contribution in [1.29, 1.82) is 0 Å². The van der Waals surface area contributed by atoms with Crippen molar-refractivity contribution in [3.8, 4) is 0 Å². The molecule has 2 saturated carbocycles. The van der Waals surface area contributed by atoms with Crippen molar-refractivity contribution in [2.75, 3.05) is 33.8 Å². The van der Waals surface area contributed by atoms with Crippen LogP contribution < -0.4 is 0 Å². The van der Waals surface area contributed by atoms with Gasteiger partial charge in [0.15, 0.2) is 0 Å². The molecule has 0 N–H and O–H groups in total. The van der Waals surface area contributed by atoms with E-state index in [-0.39, 0.29) is 6.10 Å². The van der Waals surface area contributed by atoms with Gasteiger partial charge in [-0.15, -0.1) is 0 Å². The fourth-order valence-corrected chi connectivity index (χ4v) is 6.57. The number of likely N-dealkylation sites (N-methyl/N-ethyl adjacent to an activating group) is 1. The number of hydrogen-bond donors (Lipinski definition) is 0. The minimum absolute atomic E-state index is 0.225. The van der Waals surface area contributed by atoms with Gasteiger partial charge in [-0.3, -0.25) is 0 Å². The molecule has 0 unspecified atom stereocenters. The second kappa shape index (κ2) is 7.47. The molecule has 27 heavy (non-hydrogen) atoms. The molecule has 3 fully saturated rings. The monoisotopic (exact) mass is 392 g/mol. The highest BCUT2D eigenvalue weighted by Crippen LogP contribution is 2.41. The van der Waals surface area contributed by atoms with E-state index in [2.05, 4.69) is 19.0 Å². The highest BCUT2D eigenvalue weighted by atomic mass is 32.2. The highest BCUT2D eigenvalue weighted by Gasteiger charge is 2.46. The van der Waals surface area contributed by atoms with Crippen LogP contribution in [-0.2, 0) is 14.8 Å². The fourth-order valence-electron chi connectivity index (χ4n) is 4.80. The van der Waals surface area contributed by atoms with Crippen LogP contribution in [0.4, 0.5) is 0 Å². The van der Waals surface area contributed by atoms with Gasteiger partial charge in [0.2, 0.25) is 10.0 Å². The standard InChI is InChI=1S/C21H32N2O3S/c1-15-6-4-5-7-21(15)27(24,25)23-12-17-10-19(22(2)3)20(11-18(17)13-23)26-14-16-8-9-16/h4-7,16-20H,8-14H2,1-3H3/t17-,18+,19-,20-/m1/s1. The number of nitrogens with zero attached hydrogens (tertiary/aromatic N) is 2. The van der Waals surface area contributed by atoms with E-state index in [0.717, 1.165) is 30.9 Å². The molecule has 0 amide bonds. The van der Waals surface area contributed by atoms with Crippen LogP contribution in [0.3, 0.4) is 0 Å². The summed E-state index contributed by atoms with van der Waals surface area (Å²) in [4.78, 5) is 2.72. The normalized spacial score (nSPS) is 32.0. The number of rotatable bonds is 6. The lowest BCUT2D eigenvalue weighted by Gasteiger charge is -2.41. The summed E-state index contributed by atoms with van der Waals surface area (Å²) in [6.45, 7) is 4.02. The lowest BCUT2D eigenvalue weighted by Crippen LogP contribution is -2.48. The van der Waals surface area contributed by atoms with Gasteiger partial charge in [-0.05, 0) is 76.1 Å². The molecule has 0 spiro atoms. The molecule has 4 atom stereocenters. The average molecular weight is 393 g/mol. The fraction of sp³-hybridized carbons (Fsp3) is 0.714. The predicted molar refractivity (Wildman–Crippen MR) is 106 cm³/mol. The molecule has 150 valence electrons. The Morgan fingerprint density at radius 1 is 1.11 bits per heavy atom. The van der Waals surface area contributed by atoms with Gasteiger partial charge in [-0.2, -0.15) is 4.31 Å². The van der Waals surface area contributed by atoms with Crippen LogP contribution in [0.2, 0.25) is 0 Å². The Morgan fingerprint density at radius 2 is 1.78 bits per heavy atom. The van der Waals surface area contributed by atoms with Gasteiger partial charge in [0, 0.05) is 25.7 Å². The van der Waals surface area contributed by atoms with Gasteiger partial charge in [0.05, 0.1) is 11.0 Å². The summed E-state index contributed by atoms with van der Waals surface area (Å²) < 4.78 is 34.4. The van der Waals surface area contributed by atoms with Crippen LogP contribution in [0, 0.1) is 24.7 Å². The maximum absolute atomic E-state index is 13.2. The van der Waals surface area contributed by atoms with Crippen LogP contribution in [0.5, 0.6) is 0 Å². The van der Waals surface area contributed by atoms with Crippen molar-refractivity contribution < 1.29 is 13.2 Å². The summed E-state index contributed by atoms with van der Waals surface area (Å²) >= 11 is 0. The molecular formula is C21H32N2O3S. The van der Waals surface area contributed by atoms with Crippen LogP contribution in [0.25, 0.3) is 0 Å². The van der Waals surface area contributed by atoms with Crippen molar-refractivity contribution in [3.63, 3.8) is 0 Å². The first kappa shape index (κ1) is 19.4. The second-order valence-corrected chi connectivity index (χ2v) is 10.8. The molecule has 3 aliphatic rings. The molecule has 1 heterocycles. The molecule has 0 aromatic heterocycles. The maximum atomic E-state index is 13.2. The zero-order chi connectivity index (χ0) is 19.2. The molecule has 6 heteroatoms. The summed E-state index contributed by atoms with van der Waals surface area (Å²) in [5, 5.41) is 0. The SMILES string of the molecule is Cc1ccccc1S(=O)(=O)N1C[C@H]2C[C@@H](N(C)C)[C@H](OCC3CC3)C[C@H]2C1. The zero-order valence-corrected chi connectivity index (χ0v) is 17.5. The molecule has 5 nitrogen and oxygen atoms in total. The van der Waals surface area contributed by atoms with E-state index in [4.69, 9.17) is 4.74 Å². The summed E-state index contributed by atoms with van der Waals surface area (Å²) in [7, 11) is 0.821. The Hall–Kier alpha value is -0.950. The zero-order valence-electron chi connectivity index (χ0n) is 16.7. The predicted octanol–water partition coefficient (Wildman–Crippen LogP) is 2.75. The minimum Gasteiger partial charge on any atom is -0.376 e. The van der Waals surface area contributed by atoms with Crippen LogP contribution in [0.1, 0.15) is 31.2 Å². The topological polar surface area (TPSA) is 49.9 Å². The van der Waals surface area contributed by atoms with Gasteiger partial charge < -0.3 is 9.64 Å². The minimum atomic E-state index is -3.42. The Labute approximate surface area is 163 Å². The Bertz CT molecular complexity index is 775. The van der Waals surface area contributed by atoms with Crippen LogP contribution in [0.15, 0.2) is 29.2 Å². The Balaban J connectivity index is 1.49. The molecule has 1 aliphatic heterocycles. The molecular weight excluding hydrogens is 360 g/mol. The Morgan fingerprint density at radius 3 is 2.41 bits per heavy atom.